The highest BCUT2D eigenvalue weighted by atomic mass is 32.2. The standard InChI is InChI=1S/C26H27N5O8S2/c1-13-18(21(25(34)35)30-20(13)19(14(2)32)22(30)33)17-10-29-12-28(3)23(24(29)41-17)40-9-8-27-26(36)39-11-15-4-6-16(7-5-15)31(37)38/h4-7,10,12-14,19-20,32H,8-9,11H2,1-3H3,(H-,27,34,35,36)/p+1/t13-,14+,19+,20+/m0/s1. The Kier molecular flexibility index (Phi) is 7.76. The van der Waals surface area contributed by atoms with Crippen LogP contribution in [-0.4, -0.2) is 66.9 Å². The summed E-state index contributed by atoms with van der Waals surface area (Å²) < 4.78 is 9.03. The van der Waals surface area contributed by atoms with Crippen LogP contribution in [0.5, 0.6) is 0 Å². The molecule has 4 heterocycles. The molecule has 0 spiro atoms. The lowest BCUT2D eigenvalue weighted by Gasteiger charge is -2.46. The fourth-order valence-electron chi connectivity index (χ4n) is 5.39. The summed E-state index contributed by atoms with van der Waals surface area (Å²) in [7, 11) is 1.89. The molecule has 2 aliphatic rings. The van der Waals surface area contributed by atoms with E-state index >= 15 is 0 Å². The van der Waals surface area contributed by atoms with Gasteiger partial charge in [0, 0.05) is 35.9 Å². The number of nitro groups is 1. The number of aliphatic carboxylic acids is 1. The second-order valence-corrected chi connectivity index (χ2v) is 12.0. The van der Waals surface area contributed by atoms with E-state index in [1.165, 1.54) is 52.3 Å². The summed E-state index contributed by atoms with van der Waals surface area (Å²) in [6, 6.07) is 5.37. The average Bonchev–Trinajstić information content (AvgIpc) is 3.52. The van der Waals surface area contributed by atoms with E-state index in [1.807, 2.05) is 35.5 Å². The van der Waals surface area contributed by atoms with Crippen LogP contribution in [-0.2, 0) is 28.0 Å². The summed E-state index contributed by atoms with van der Waals surface area (Å²) in [6.45, 7) is 3.75. The summed E-state index contributed by atoms with van der Waals surface area (Å²) in [6.07, 6.45) is 2.27. The molecule has 13 nitrogen and oxygen atoms in total. The number of nitrogens with one attached hydrogen (secondary N) is 1. The number of thioether (sulfide) groups is 1. The van der Waals surface area contributed by atoms with Gasteiger partial charge in [-0.3, -0.25) is 14.9 Å². The number of fused-ring (bicyclic) bond motifs is 2. The monoisotopic (exact) mass is 602 g/mol. The van der Waals surface area contributed by atoms with Crippen molar-refractivity contribution in [3.63, 3.8) is 0 Å². The molecule has 0 saturated carbocycles. The molecule has 1 fully saturated rings. The van der Waals surface area contributed by atoms with Gasteiger partial charge < -0.3 is 25.2 Å². The Balaban J connectivity index is 1.22. The fourth-order valence-corrected chi connectivity index (χ4v) is 7.78. The molecule has 3 N–H and O–H groups in total. The van der Waals surface area contributed by atoms with Crippen molar-refractivity contribution in [2.45, 2.75) is 37.6 Å². The van der Waals surface area contributed by atoms with Crippen LogP contribution in [0.2, 0.25) is 0 Å². The predicted molar refractivity (Wildman–Crippen MR) is 148 cm³/mol. The number of benzene rings is 1. The van der Waals surface area contributed by atoms with Crippen molar-refractivity contribution in [2.24, 2.45) is 18.9 Å². The highest BCUT2D eigenvalue weighted by Gasteiger charge is 2.60. The quantitative estimate of drug-likeness (QED) is 0.0788. The number of ether oxygens (including phenoxy) is 1. The Hall–Kier alpha value is -3.95. The van der Waals surface area contributed by atoms with Gasteiger partial charge in [-0.25, -0.2) is 14.2 Å². The normalized spacial score (nSPS) is 20.6. The Morgan fingerprint density at radius 3 is 2.66 bits per heavy atom. The molecule has 2 aliphatic heterocycles. The molecule has 15 heteroatoms. The van der Waals surface area contributed by atoms with Crippen molar-refractivity contribution in [1.29, 1.82) is 0 Å². The minimum atomic E-state index is -1.17. The maximum Gasteiger partial charge on any atom is 0.407 e. The number of aromatic nitrogens is 2. The number of carbonyl (C=O) groups excluding carboxylic acids is 2. The minimum absolute atomic E-state index is 0.0154. The zero-order valence-corrected chi connectivity index (χ0v) is 24.0. The van der Waals surface area contributed by atoms with Gasteiger partial charge in [-0.1, -0.05) is 30.0 Å². The third-order valence-electron chi connectivity index (χ3n) is 7.27. The van der Waals surface area contributed by atoms with Gasteiger partial charge in [-0.2, -0.15) is 4.40 Å². The number of aliphatic hydroxyl groups is 1. The van der Waals surface area contributed by atoms with Gasteiger partial charge >= 0.3 is 12.1 Å². The number of nitrogens with zero attached hydrogens (tertiary/aromatic N) is 4. The van der Waals surface area contributed by atoms with Crippen LogP contribution < -0.4 is 9.88 Å². The molecule has 41 heavy (non-hydrogen) atoms. The number of hydrogen-bond acceptors (Lipinski definition) is 9. The second kappa shape index (κ2) is 11.1. The first kappa shape index (κ1) is 28.6. The molecule has 2 aromatic heterocycles. The molecular weight excluding hydrogens is 574 g/mol. The zero-order valence-electron chi connectivity index (χ0n) is 22.3. The van der Waals surface area contributed by atoms with E-state index in [0.29, 0.717) is 23.4 Å². The number of carboxylic acids is 1. The van der Waals surface area contributed by atoms with Crippen molar-refractivity contribution < 1.29 is 38.8 Å². The van der Waals surface area contributed by atoms with Gasteiger partial charge in [-0.15, -0.1) is 0 Å². The Labute approximate surface area is 242 Å². The van der Waals surface area contributed by atoms with E-state index in [-0.39, 0.29) is 35.9 Å². The number of carboxylic acid groups (broad SMARTS) is 1. The third-order valence-corrected chi connectivity index (χ3v) is 9.70. The van der Waals surface area contributed by atoms with Crippen LogP contribution in [0.15, 0.2) is 47.5 Å². The van der Waals surface area contributed by atoms with Crippen molar-refractivity contribution >= 4 is 57.2 Å². The maximum absolute atomic E-state index is 12.7. The smallest absolute Gasteiger partial charge is 0.407 e. The van der Waals surface area contributed by atoms with Crippen molar-refractivity contribution in [1.82, 2.24) is 14.6 Å². The number of aryl methyl sites for hydroxylation is 1. The number of alkyl carbamates (subject to hydrolysis) is 1. The summed E-state index contributed by atoms with van der Waals surface area (Å²) >= 11 is 2.94. The summed E-state index contributed by atoms with van der Waals surface area (Å²) in [4.78, 5) is 50.2. The summed E-state index contributed by atoms with van der Waals surface area (Å²) in [5.74, 6) is -1.88. The predicted octanol–water partition coefficient (Wildman–Crippen LogP) is 2.41. The molecular formula is C26H28N5O8S2+. The van der Waals surface area contributed by atoms with E-state index in [1.54, 1.807) is 6.92 Å². The van der Waals surface area contributed by atoms with Crippen LogP contribution >= 0.6 is 23.1 Å². The van der Waals surface area contributed by atoms with E-state index < -0.39 is 29.0 Å². The molecule has 2 amide bonds. The SMILES string of the molecule is C[C@@H](O)[C@H]1C(=O)N2C(C(=O)O)=C(c3cn4c[n+](C)c(SCCNC(=O)OCc5ccc([N+](=O)[O-])cc5)c4s3)[C@H](C)[C@H]12. The van der Waals surface area contributed by atoms with Gasteiger partial charge in [0.25, 0.3) is 5.69 Å². The number of β-lactam (4-membered cyclic amide) rings is 1. The molecule has 0 radical (unpaired) electrons. The summed E-state index contributed by atoms with van der Waals surface area (Å²) in [5, 5.41) is 34.4. The number of hydrogen-bond donors (Lipinski definition) is 3. The lowest BCUT2D eigenvalue weighted by atomic mass is 9.77. The van der Waals surface area contributed by atoms with Crippen LogP contribution in [0.3, 0.4) is 0 Å². The molecule has 0 unspecified atom stereocenters. The molecule has 216 valence electrons. The van der Waals surface area contributed by atoms with Gasteiger partial charge in [0.15, 0.2) is 0 Å². The van der Waals surface area contributed by atoms with Gasteiger partial charge in [0.2, 0.25) is 22.1 Å². The maximum atomic E-state index is 12.7. The van der Waals surface area contributed by atoms with E-state index in [0.717, 1.165) is 14.7 Å². The number of amides is 2. The van der Waals surface area contributed by atoms with Crippen LogP contribution in [0.4, 0.5) is 10.5 Å². The molecule has 0 aliphatic carbocycles. The molecule has 3 aromatic rings. The molecule has 4 atom stereocenters. The highest BCUT2D eigenvalue weighted by molar-refractivity contribution is 7.99. The van der Waals surface area contributed by atoms with E-state index in [9.17, 15) is 34.7 Å². The number of nitro benzene ring substituents is 1. The Morgan fingerprint density at radius 1 is 1.32 bits per heavy atom. The number of non-ortho nitro benzene ring substituents is 1. The second-order valence-electron chi connectivity index (χ2n) is 9.94. The number of aliphatic hydroxyl groups excluding tert-OH is 1. The van der Waals surface area contributed by atoms with Crippen molar-refractivity contribution in [3.05, 3.63) is 63.0 Å². The third kappa shape index (κ3) is 5.15. The molecule has 1 saturated heterocycles. The molecule has 0 bridgehead atoms. The highest BCUT2D eigenvalue weighted by Crippen LogP contribution is 2.51. The minimum Gasteiger partial charge on any atom is -0.477 e. The number of carbonyl (C=O) groups is 3. The van der Waals surface area contributed by atoms with Crippen LogP contribution in [0.1, 0.15) is 24.3 Å². The Morgan fingerprint density at radius 2 is 2.02 bits per heavy atom. The summed E-state index contributed by atoms with van der Waals surface area (Å²) in [5.41, 5.74) is 1.15. The van der Waals surface area contributed by atoms with Crippen LogP contribution in [0.25, 0.3) is 10.4 Å². The van der Waals surface area contributed by atoms with Gasteiger partial charge in [-0.05, 0) is 24.6 Å². The van der Waals surface area contributed by atoms with Gasteiger partial charge in [0.05, 0.1) is 34.9 Å². The molecule has 1 aromatic carbocycles. The first-order chi connectivity index (χ1) is 19.5. The van der Waals surface area contributed by atoms with Crippen molar-refractivity contribution in [3.8, 4) is 0 Å². The zero-order chi connectivity index (χ0) is 29.6. The van der Waals surface area contributed by atoms with Gasteiger partial charge in [0.1, 0.15) is 18.5 Å². The Bertz CT molecular complexity index is 1580. The van der Waals surface area contributed by atoms with E-state index in [2.05, 4.69) is 5.32 Å². The first-order valence-corrected chi connectivity index (χ1v) is 14.6. The van der Waals surface area contributed by atoms with Crippen LogP contribution in [0, 0.1) is 22.0 Å². The van der Waals surface area contributed by atoms with Crippen molar-refractivity contribution in [2.75, 3.05) is 12.3 Å². The number of rotatable bonds is 10. The lowest BCUT2D eigenvalue weighted by Crippen LogP contribution is -2.63. The fraction of sp³-hybridized carbons (Fsp3) is 0.385. The molecule has 5 rings (SSSR count). The number of thiazole rings is 1. The lowest BCUT2D eigenvalue weighted by molar-refractivity contribution is -0.705. The van der Waals surface area contributed by atoms with E-state index in [4.69, 9.17) is 4.74 Å². The first-order valence-electron chi connectivity index (χ1n) is 12.8. The average molecular weight is 603 g/mol. The number of imidazole rings is 1. The largest absolute Gasteiger partial charge is 0.477 e. The topological polar surface area (TPSA) is 168 Å².